The standard InChI is InChI=1S/C18H26FN3O3S/c1-4-6-17(23)21-10-14-11-22(26(24,25)20(2)3)18(16(14)12-21)13-7-5-8-15(19)9-13/h5,7-9,14,16,18H,4,6,10-12H2,1-3H3/t14-,16-,18+/m0/s1. The van der Waals surface area contributed by atoms with E-state index < -0.39 is 16.3 Å². The van der Waals surface area contributed by atoms with E-state index in [-0.39, 0.29) is 23.6 Å². The molecule has 26 heavy (non-hydrogen) atoms. The van der Waals surface area contributed by atoms with Gasteiger partial charge in [0.1, 0.15) is 5.82 Å². The van der Waals surface area contributed by atoms with Gasteiger partial charge in [-0.25, -0.2) is 4.39 Å². The molecule has 0 bridgehead atoms. The second kappa shape index (κ2) is 7.25. The lowest BCUT2D eigenvalue weighted by Gasteiger charge is -2.31. The van der Waals surface area contributed by atoms with Crippen LogP contribution in [0.3, 0.4) is 0 Å². The quantitative estimate of drug-likeness (QED) is 0.780. The molecule has 2 heterocycles. The maximum absolute atomic E-state index is 13.8. The van der Waals surface area contributed by atoms with E-state index in [0.29, 0.717) is 31.6 Å². The summed E-state index contributed by atoms with van der Waals surface area (Å²) in [5, 5.41) is 0. The van der Waals surface area contributed by atoms with Gasteiger partial charge in [0.25, 0.3) is 10.2 Å². The molecule has 0 saturated carbocycles. The Morgan fingerprint density at radius 1 is 1.27 bits per heavy atom. The number of amides is 1. The summed E-state index contributed by atoms with van der Waals surface area (Å²) in [5.41, 5.74) is 0.646. The summed E-state index contributed by atoms with van der Waals surface area (Å²) >= 11 is 0. The molecule has 0 unspecified atom stereocenters. The van der Waals surface area contributed by atoms with Gasteiger partial charge in [-0.1, -0.05) is 19.1 Å². The Hall–Kier alpha value is -1.51. The van der Waals surface area contributed by atoms with E-state index >= 15 is 0 Å². The van der Waals surface area contributed by atoms with Gasteiger partial charge in [0.05, 0.1) is 6.04 Å². The third-order valence-corrected chi connectivity index (χ3v) is 7.28. The molecule has 0 radical (unpaired) electrons. The lowest BCUT2D eigenvalue weighted by atomic mass is 9.90. The predicted molar refractivity (Wildman–Crippen MR) is 96.9 cm³/mol. The van der Waals surface area contributed by atoms with Crippen LogP contribution in [0.1, 0.15) is 31.4 Å². The fraction of sp³-hybridized carbons (Fsp3) is 0.611. The fourth-order valence-corrected chi connectivity index (χ4v) is 5.50. The first-order valence-corrected chi connectivity index (χ1v) is 10.4. The first-order chi connectivity index (χ1) is 12.3. The van der Waals surface area contributed by atoms with Crippen molar-refractivity contribution in [2.45, 2.75) is 25.8 Å². The van der Waals surface area contributed by atoms with Gasteiger partial charge in [-0.15, -0.1) is 0 Å². The topological polar surface area (TPSA) is 60.9 Å². The second-order valence-corrected chi connectivity index (χ2v) is 9.43. The summed E-state index contributed by atoms with van der Waals surface area (Å²) in [6.45, 7) is 3.40. The molecule has 2 aliphatic rings. The van der Waals surface area contributed by atoms with Crippen molar-refractivity contribution in [3.8, 4) is 0 Å². The average molecular weight is 383 g/mol. The van der Waals surface area contributed by atoms with Crippen molar-refractivity contribution in [1.29, 1.82) is 0 Å². The molecule has 0 aliphatic carbocycles. The molecule has 6 nitrogen and oxygen atoms in total. The molecular formula is C18H26FN3O3S. The number of carbonyl (C=O) groups excluding carboxylic acids is 1. The van der Waals surface area contributed by atoms with Crippen LogP contribution < -0.4 is 0 Å². The van der Waals surface area contributed by atoms with Crippen LogP contribution in [0.2, 0.25) is 0 Å². The zero-order valence-corrected chi connectivity index (χ0v) is 16.2. The van der Waals surface area contributed by atoms with Crippen LogP contribution in [0.25, 0.3) is 0 Å². The monoisotopic (exact) mass is 383 g/mol. The first-order valence-electron chi connectivity index (χ1n) is 8.98. The highest BCUT2D eigenvalue weighted by Gasteiger charge is 2.52. The SMILES string of the molecule is CCCC(=O)N1C[C@H]2CN(S(=O)(=O)N(C)C)[C@H](c3cccc(F)c3)[C@H]2C1. The van der Waals surface area contributed by atoms with E-state index in [1.54, 1.807) is 12.1 Å². The van der Waals surface area contributed by atoms with Crippen molar-refractivity contribution in [1.82, 2.24) is 13.5 Å². The average Bonchev–Trinajstić information content (AvgIpc) is 3.12. The van der Waals surface area contributed by atoms with Crippen LogP contribution in [0.5, 0.6) is 0 Å². The Morgan fingerprint density at radius 3 is 2.62 bits per heavy atom. The summed E-state index contributed by atoms with van der Waals surface area (Å²) < 4.78 is 42.1. The number of likely N-dealkylation sites (tertiary alicyclic amines) is 1. The molecular weight excluding hydrogens is 357 g/mol. The molecule has 144 valence electrons. The Balaban J connectivity index is 1.95. The molecule has 2 fully saturated rings. The summed E-state index contributed by atoms with van der Waals surface area (Å²) in [5.74, 6) is -0.224. The largest absolute Gasteiger partial charge is 0.342 e. The molecule has 0 aromatic heterocycles. The Bertz CT molecular complexity index is 784. The molecule has 3 atom stereocenters. The number of carbonyl (C=O) groups is 1. The van der Waals surface area contributed by atoms with E-state index in [1.165, 1.54) is 34.8 Å². The van der Waals surface area contributed by atoms with Crippen LogP contribution >= 0.6 is 0 Å². The van der Waals surface area contributed by atoms with Gasteiger partial charge in [0.2, 0.25) is 5.91 Å². The fourth-order valence-electron chi connectivity index (χ4n) is 4.13. The van der Waals surface area contributed by atoms with E-state index in [1.807, 2.05) is 11.8 Å². The number of hydrogen-bond acceptors (Lipinski definition) is 3. The number of benzene rings is 1. The normalized spacial score (nSPS) is 26.5. The zero-order valence-electron chi connectivity index (χ0n) is 15.4. The first kappa shape index (κ1) is 19.3. The number of halogens is 1. The van der Waals surface area contributed by atoms with Crippen molar-refractivity contribution in [3.63, 3.8) is 0 Å². The Morgan fingerprint density at radius 2 is 2.00 bits per heavy atom. The molecule has 2 saturated heterocycles. The van der Waals surface area contributed by atoms with Crippen molar-refractivity contribution in [3.05, 3.63) is 35.6 Å². The molecule has 1 amide bonds. The van der Waals surface area contributed by atoms with Crippen molar-refractivity contribution in [2.24, 2.45) is 11.8 Å². The van der Waals surface area contributed by atoms with Crippen LogP contribution in [0.15, 0.2) is 24.3 Å². The number of fused-ring (bicyclic) bond motifs is 1. The van der Waals surface area contributed by atoms with E-state index in [9.17, 15) is 17.6 Å². The number of nitrogens with zero attached hydrogens (tertiary/aromatic N) is 3. The van der Waals surface area contributed by atoms with E-state index in [2.05, 4.69) is 0 Å². The summed E-state index contributed by atoms with van der Waals surface area (Å²) in [6, 6.07) is 5.68. The Labute approximate surface area is 154 Å². The van der Waals surface area contributed by atoms with E-state index in [0.717, 1.165) is 6.42 Å². The lowest BCUT2D eigenvalue weighted by molar-refractivity contribution is -0.130. The molecule has 0 N–H and O–H groups in total. The molecule has 1 aromatic carbocycles. The van der Waals surface area contributed by atoms with Gasteiger partial charge >= 0.3 is 0 Å². The minimum absolute atomic E-state index is 0.0210. The van der Waals surface area contributed by atoms with Crippen molar-refractivity contribution < 1.29 is 17.6 Å². The lowest BCUT2D eigenvalue weighted by Crippen LogP contribution is -2.42. The van der Waals surface area contributed by atoms with Gasteiger partial charge in [-0.05, 0) is 30.0 Å². The highest BCUT2D eigenvalue weighted by atomic mass is 32.2. The van der Waals surface area contributed by atoms with Gasteiger partial charge in [0.15, 0.2) is 0 Å². The smallest absolute Gasteiger partial charge is 0.282 e. The summed E-state index contributed by atoms with van der Waals surface area (Å²) in [7, 11) is -0.630. The van der Waals surface area contributed by atoms with Crippen molar-refractivity contribution >= 4 is 16.1 Å². The van der Waals surface area contributed by atoms with Gasteiger partial charge in [-0.2, -0.15) is 17.0 Å². The number of rotatable bonds is 5. The van der Waals surface area contributed by atoms with Crippen LogP contribution in [0, 0.1) is 17.7 Å². The highest BCUT2D eigenvalue weighted by Crippen LogP contribution is 2.46. The minimum atomic E-state index is -3.64. The van der Waals surface area contributed by atoms with Gasteiger partial charge < -0.3 is 4.90 Å². The van der Waals surface area contributed by atoms with Gasteiger partial charge in [0, 0.05) is 46.1 Å². The molecule has 8 heteroatoms. The van der Waals surface area contributed by atoms with Crippen molar-refractivity contribution in [2.75, 3.05) is 33.7 Å². The van der Waals surface area contributed by atoms with E-state index in [4.69, 9.17) is 0 Å². The molecule has 2 aliphatic heterocycles. The third kappa shape index (κ3) is 3.37. The minimum Gasteiger partial charge on any atom is -0.342 e. The van der Waals surface area contributed by atoms with Crippen LogP contribution in [0.4, 0.5) is 4.39 Å². The molecule has 1 aromatic rings. The predicted octanol–water partition coefficient (Wildman–Crippen LogP) is 1.86. The zero-order chi connectivity index (χ0) is 19.1. The second-order valence-electron chi connectivity index (χ2n) is 7.33. The third-order valence-electron chi connectivity index (χ3n) is 5.39. The highest BCUT2D eigenvalue weighted by molar-refractivity contribution is 7.86. The Kier molecular flexibility index (Phi) is 5.37. The summed E-state index contributed by atoms with van der Waals surface area (Å²) in [4.78, 5) is 14.1. The maximum Gasteiger partial charge on any atom is 0.282 e. The van der Waals surface area contributed by atoms with Crippen LogP contribution in [-0.2, 0) is 15.0 Å². The number of hydrogen-bond donors (Lipinski definition) is 0. The summed E-state index contributed by atoms with van der Waals surface area (Å²) in [6.07, 6.45) is 1.29. The maximum atomic E-state index is 13.8. The molecule has 3 rings (SSSR count). The molecule has 0 spiro atoms. The van der Waals surface area contributed by atoms with Crippen LogP contribution in [-0.4, -0.2) is 61.6 Å². The van der Waals surface area contributed by atoms with Gasteiger partial charge in [-0.3, -0.25) is 4.79 Å².